The highest BCUT2D eigenvalue weighted by Gasteiger charge is 2.76. The van der Waals surface area contributed by atoms with Gasteiger partial charge in [-0.1, -0.05) is 17.9 Å². The van der Waals surface area contributed by atoms with Crippen LogP contribution in [-0.2, 0) is 21.2 Å². The zero-order valence-electron chi connectivity index (χ0n) is 12.6. The van der Waals surface area contributed by atoms with Crippen molar-refractivity contribution in [2.45, 2.75) is 24.3 Å². The Morgan fingerprint density at radius 1 is 1.15 bits per heavy atom. The summed E-state index contributed by atoms with van der Waals surface area (Å²) in [6.07, 6.45) is -13.1. The predicted octanol–water partition coefficient (Wildman–Crippen LogP) is 1.85. The van der Waals surface area contributed by atoms with Gasteiger partial charge < -0.3 is 10.5 Å². The Hall–Kier alpha value is -1.96. The van der Waals surface area contributed by atoms with Crippen LogP contribution in [0.25, 0.3) is 0 Å². The van der Waals surface area contributed by atoms with Crippen molar-refractivity contribution in [3.63, 3.8) is 0 Å². The number of anilines is 1. The molecule has 0 aliphatic heterocycles. The maximum absolute atomic E-state index is 13.1. The second-order valence-electron chi connectivity index (χ2n) is 5.06. The van der Waals surface area contributed by atoms with E-state index in [0.717, 1.165) is 12.1 Å². The molecule has 1 aromatic rings. The maximum atomic E-state index is 13.1. The van der Waals surface area contributed by atoms with E-state index in [2.05, 4.69) is 4.74 Å². The van der Waals surface area contributed by atoms with Crippen LogP contribution in [0.2, 0.25) is 0 Å². The van der Waals surface area contributed by atoms with Crippen molar-refractivity contribution in [3.05, 3.63) is 29.3 Å². The van der Waals surface area contributed by atoms with Gasteiger partial charge in [0.15, 0.2) is 0 Å². The van der Waals surface area contributed by atoms with Crippen molar-refractivity contribution in [1.29, 1.82) is 0 Å². The summed E-state index contributed by atoms with van der Waals surface area (Å²) in [5, 5.41) is 0. The Balaban J connectivity index is 3.53. The number of nitrogen functional groups attached to an aromatic ring is 1. The molecule has 3 N–H and O–H groups in total. The molecule has 14 heteroatoms. The average molecular weight is 405 g/mol. The van der Waals surface area contributed by atoms with E-state index in [9.17, 15) is 39.6 Å². The van der Waals surface area contributed by atoms with Crippen LogP contribution in [0.5, 0.6) is 0 Å². The van der Waals surface area contributed by atoms with Crippen molar-refractivity contribution in [1.82, 2.24) is 0 Å². The molecular weight excluding hydrogens is 395 g/mol. The van der Waals surface area contributed by atoms with Gasteiger partial charge in [0.25, 0.3) is 10.1 Å². The van der Waals surface area contributed by atoms with Gasteiger partial charge in [0, 0.05) is 5.69 Å². The number of ether oxygens (including phenoxy) is 1. The summed E-state index contributed by atoms with van der Waals surface area (Å²) < 4.78 is 112. The number of nitrogens with two attached hydrogens (primary N) is 1. The zero-order chi connectivity index (χ0) is 20.6. The molecule has 1 aromatic carbocycles. The number of esters is 1. The summed E-state index contributed by atoms with van der Waals surface area (Å²) in [7, 11) is -0.615. The Kier molecular flexibility index (Phi) is 5.93. The van der Waals surface area contributed by atoms with Gasteiger partial charge in [-0.2, -0.15) is 34.8 Å². The molecule has 26 heavy (non-hydrogen) atoms. The van der Waals surface area contributed by atoms with Crippen molar-refractivity contribution < 1.29 is 48.8 Å². The molecule has 0 aromatic heterocycles. The van der Waals surface area contributed by atoms with E-state index in [1.807, 2.05) is 0 Å². The van der Waals surface area contributed by atoms with Crippen LogP contribution in [0.1, 0.15) is 15.9 Å². The minimum atomic E-state index is -6.42. The zero-order valence-corrected chi connectivity index (χ0v) is 13.4. The number of carbonyl (C=O) groups excluding carboxylic acids is 1. The van der Waals surface area contributed by atoms with Crippen molar-refractivity contribution in [2.75, 3.05) is 11.5 Å². The van der Waals surface area contributed by atoms with Gasteiger partial charge in [0.1, 0.15) is 5.75 Å². The SMILES string of the molecule is [B]Cc1ccc(N)c(C(=O)OC(CS(=O)(=O)O)(C(F)(F)F)C(F)(F)F)c1. The van der Waals surface area contributed by atoms with Gasteiger partial charge >= 0.3 is 23.9 Å². The van der Waals surface area contributed by atoms with Crippen LogP contribution in [-0.4, -0.2) is 50.5 Å². The molecule has 0 saturated carbocycles. The first-order chi connectivity index (χ1) is 11.5. The van der Waals surface area contributed by atoms with E-state index in [-0.39, 0.29) is 11.9 Å². The molecule has 0 unspecified atom stereocenters. The number of halogens is 6. The Morgan fingerprint density at radius 2 is 1.65 bits per heavy atom. The third kappa shape index (κ3) is 4.61. The first-order valence-electron chi connectivity index (χ1n) is 6.44. The number of hydrogen-bond acceptors (Lipinski definition) is 5. The second-order valence-corrected chi connectivity index (χ2v) is 6.52. The molecular formula is C12H10BF6NO5S. The molecule has 144 valence electrons. The van der Waals surface area contributed by atoms with Crippen LogP contribution in [0.4, 0.5) is 32.0 Å². The monoisotopic (exact) mass is 405 g/mol. The van der Waals surface area contributed by atoms with Gasteiger partial charge in [-0.25, -0.2) is 4.79 Å². The van der Waals surface area contributed by atoms with Gasteiger partial charge in [0.2, 0.25) is 0 Å². The summed E-state index contributed by atoms with van der Waals surface area (Å²) >= 11 is 0. The van der Waals surface area contributed by atoms with E-state index >= 15 is 0 Å². The molecule has 0 spiro atoms. The average Bonchev–Trinajstić information content (AvgIpc) is 2.43. The lowest BCUT2D eigenvalue weighted by Crippen LogP contribution is -2.63. The van der Waals surface area contributed by atoms with E-state index < -0.39 is 51.0 Å². The molecule has 0 aliphatic carbocycles. The van der Waals surface area contributed by atoms with E-state index in [1.165, 1.54) is 6.07 Å². The summed E-state index contributed by atoms with van der Waals surface area (Å²) in [5.74, 6) is -5.18. The molecule has 2 radical (unpaired) electrons. The second kappa shape index (κ2) is 6.98. The molecule has 0 fully saturated rings. The van der Waals surface area contributed by atoms with Crippen LogP contribution >= 0.6 is 0 Å². The summed E-state index contributed by atoms with van der Waals surface area (Å²) in [6, 6.07) is 3.04. The van der Waals surface area contributed by atoms with Crippen molar-refractivity contribution in [3.8, 4) is 0 Å². The van der Waals surface area contributed by atoms with E-state index in [1.54, 1.807) is 0 Å². The lowest BCUT2D eigenvalue weighted by molar-refractivity contribution is -0.356. The molecule has 6 nitrogen and oxygen atoms in total. The smallest absolute Gasteiger partial charge is 0.435 e. The summed E-state index contributed by atoms with van der Waals surface area (Å²) in [6.45, 7) is 0. The van der Waals surface area contributed by atoms with Crippen molar-refractivity contribution in [2.24, 2.45) is 0 Å². The maximum Gasteiger partial charge on any atom is 0.438 e. The van der Waals surface area contributed by atoms with Crippen LogP contribution < -0.4 is 5.73 Å². The van der Waals surface area contributed by atoms with Crippen LogP contribution in [0, 0.1) is 0 Å². The molecule has 0 aliphatic rings. The van der Waals surface area contributed by atoms with Gasteiger partial charge in [-0.05, 0) is 12.1 Å². The Morgan fingerprint density at radius 3 is 2.04 bits per heavy atom. The molecule has 0 saturated heterocycles. The highest BCUT2D eigenvalue weighted by Crippen LogP contribution is 2.47. The largest absolute Gasteiger partial charge is 0.438 e. The van der Waals surface area contributed by atoms with Gasteiger partial charge in [-0.15, -0.1) is 0 Å². The van der Waals surface area contributed by atoms with Gasteiger partial charge in [-0.3, -0.25) is 4.55 Å². The predicted molar refractivity (Wildman–Crippen MR) is 77.0 cm³/mol. The molecule has 0 atom stereocenters. The molecule has 1 rings (SSSR count). The fourth-order valence-corrected chi connectivity index (χ4v) is 2.75. The highest BCUT2D eigenvalue weighted by atomic mass is 32.2. The highest BCUT2D eigenvalue weighted by molar-refractivity contribution is 7.85. The number of hydrogen-bond donors (Lipinski definition) is 2. The Bertz CT molecular complexity index is 778. The first kappa shape index (κ1) is 22.1. The number of alkyl halides is 6. The minimum absolute atomic E-state index is 0.130. The number of benzene rings is 1. The third-order valence-electron chi connectivity index (χ3n) is 3.14. The first-order valence-corrected chi connectivity index (χ1v) is 8.05. The standard InChI is InChI=1S/C12H10BF6NO5S/c13-4-6-1-2-8(20)7(3-6)9(21)25-10(11(14,15)16,12(17,18)19)5-26(22,23)24/h1-3H,4-5,20H2,(H,22,23,24). The van der Waals surface area contributed by atoms with Crippen LogP contribution in [0.15, 0.2) is 18.2 Å². The third-order valence-corrected chi connectivity index (χ3v) is 3.91. The summed E-state index contributed by atoms with van der Waals surface area (Å²) in [5.41, 5.74) is -1.45. The lowest BCUT2D eigenvalue weighted by Gasteiger charge is -2.35. The summed E-state index contributed by atoms with van der Waals surface area (Å²) in [4.78, 5) is 11.9. The van der Waals surface area contributed by atoms with Crippen molar-refractivity contribution >= 4 is 29.6 Å². The normalized spacial score (nSPS) is 13.5. The lowest BCUT2D eigenvalue weighted by atomic mass is 9.95. The topological polar surface area (TPSA) is 107 Å². The van der Waals surface area contributed by atoms with E-state index in [4.69, 9.17) is 18.1 Å². The fourth-order valence-electron chi connectivity index (χ4n) is 1.85. The van der Waals surface area contributed by atoms with E-state index in [0.29, 0.717) is 0 Å². The molecule has 0 heterocycles. The number of rotatable bonds is 5. The minimum Gasteiger partial charge on any atom is -0.435 e. The van der Waals surface area contributed by atoms with Crippen LogP contribution in [0.3, 0.4) is 0 Å². The quantitative estimate of drug-likeness (QED) is 0.255. The Labute approximate surface area is 144 Å². The fraction of sp³-hybridized carbons (Fsp3) is 0.417. The molecule has 0 bridgehead atoms. The van der Waals surface area contributed by atoms with Gasteiger partial charge in [0.05, 0.1) is 13.4 Å². The molecule has 0 amide bonds. The number of carbonyl (C=O) groups is 1.